The van der Waals surface area contributed by atoms with Gasteiger partial charge in [0.2, 0.25) is 0 Å². The molecule has 0 saturated heterocycles. The Morgan fingerprint density at radius 1 is 1.31 bits per heavy atom. The van der Waals surface area contributed by atoms with Crippen LogP contribution in [0.5, 0.6) is 0 Å². The van der Waals surface area contributed by atoms with Crippen LogP contribution in [-0.2, 0) is 6.42 Å². The summed E-state index contributed by atoms with van der Waals surface area (Å²) in [6.07, 6.45) is 4.33. The minimum absolute atomic E-state index is 0.829. The quantitative estimate of drug-likeness (QED) is 0.701. The molecule has 13 heavy (non-hydrogen) atoms. The van der Waals surface area contributed by atoms with Crippen LogP contribution in [0.1, 0.15) is 12.6 Å². The van der Waals surface area contributed by atoms with Gasteiger partial charge >= 0.3 is 0 Å². The molecule has 0 spiro atoms. The molecule has 2 heterocycles. The van der Waals surface area contributed by atoms with Gasteiger partial charge in [-0.05, 0) is 18.6 Å². The molecule has 0 aromatic carbocycles. The fourth-order valence-electron chi connectivity index (χ4n) is 1.15. The van der Waals surface area contributed by atoms with Gasteiger partial charge in [0.05, 0.1) is 0 Å². The van der Waals surface area contributed by atoms with E-state index in [0.717, 1.165) is 23.4 Å². The van der Waals surface area contributed by atoms with E-state index in [1.54, 1.807) is 6.26 Å². The van der Waals surface area contributed by atoms with Crippen molar-refractivity contribution < 1.29 is 4.52 Å². The molecule has 3 heteroatoms. The van der Waals surface area contributed by atoms with E-state index < -0.39 is 0 Å². The third-order valence-electron chi connectivity index (χ3n) is 1.92. The van der Waals surface area contributed by atoms with Gasteiger partial charge in [-0.25, -0.2) is 0 Å². The Morgan fingerprint density at radius 2 is 2.23 bits per heavy atom. The molecular weight excluding hydrogens is 164 g/mol. The van der Waals surface area contributed by atoms with Crippen LogP contribution in [-0.4, -0.2) is 10.1 Å². The molecular formula is C10H10N2O. The summed E-state index contributed by atoms with van der Waals surface area (Å²) in [5, 5.41) is 3.83. The molecule has 0 N–H and O–H groups in total. The van der Waals surface area contributed by atoms with Crippen LogP contribution in [0.15, 0.2) is 35.2 Å². The molecule has 2 aromatic heterocycles. The largest absolute Gasteiger partial charge is 0.364 e. The summed E-state index contributed by atoms with van der Waals surface area (Å²) < 4.78 is 4.75. The van der Waals surface area contributed by atoms with Crippen LogP contribution >= 0.6 is 0 Å². The zero-order chi connectivity index (χ0) is 9.10. The molecule has 0 atom stereocenters. The van der Waals surface area contributed by atoms with Crippen molar-refractivity contribution in [3.8, 4) is 11.3 Å². The van der Waals surface area contributed by atoms with Crippen molar-refractivity contribution >= 4 is 0 Å². The second-order valence-corrected chi connectivity index (χ2v) is 2.78. The summed E-state index contributed by atoms with van der Waals surface area (Å²) in [4.78, 5) is 4.27. The molecule has 0 aliphatic rings. The normalized spacial score (nSPS) is 10.2. The Morgan fingerprint density at radius 3 is 2.77 bits per heavy atom. The van der Waals surface area contributed by atoms with Crippen LogP contribution in [0, 0.1) is 0 Å². The van der Waals surface area contributed by atoms with E-state index >= 15 is 0 Å². The van der Waals surface area contributed by atoms with E-state index in [2.05, 4.69) is 17.1 Å². The number of pyridine rings is 1. The average Bonchev–Trinajstić information content (AvgIpc) is 2.71. The van der Waals surface area contributed by atoms with Gasteiger partial charge in [0.15, 0.2) is 0 Å². The zero-order valence-corrected chi connectivity index (χ0v) is 7.40. The number of nitrogens with zero attached hydrogens (tertiary/aromatic N) is 2. The van der Waals surface area contributed by atoms with Gasteiger partial charge < -0.3 is 4.52 Å². The van der Waals surface area contributed by atoms with Gasteiger partial charge in [0.25, 0.3) is 0 Å². The Hall–Kier alpha value is -1.64. The smallest absolute Gasteiger partial charge is 0.124 e. The van der Waals surface area contributed by atoms with Gasteiger partial charge in [-0.3, -0.25) is 4.98 Å². The first-order valence-electron chi connectivity index (χ1n) is 4.26. The fraction of sp³-hybridized carbons (Fsp3) is 0.200. The van der Waals surface area contributed by atoms with Crippen LogP contribution in [0.3, 0.4) is 0 Å². The van der Waals surface area contributed by atoms with Crippen LogP contribution in [0.2, 0.25) is 0 Å². The van der Waals surface area contributed by atoms with Crippen molar-refractivity contribution in [2.45, 2.75) is 13.3 Å². The molecule has 0 unspecified atom stereocenters. The molecule has 0 saturated carbocycles. The lowest BCUT2D eigenvalue weighted by molar-refractivity contribution is 0.422. The van der Waals surface area contributed by atoms with E-state index in [9.17, 15) is 0 Å². The lowest BCUT2D eigenvalue weighted by Gasteiger charge is -1.96. The Balaban J connectivity index is 2.33. The molecule has 0 fully saturated rings. The van der Waals surface area contributed by atoms with Crippen molar-refractivity contribution in [3.63, 3.8) is 0 Å². The average molecular weight is 174 g/mol. The van der Waals surface area contributed by atoms with Gasteiger partial charge in [-0.1, -0.05) is 12.1 Å². The summed E-state index contributed by atoms with van der Waals surface area (Å²) in [5.41, 5.74) is 2.91. The number of aromatic nitrogens is 2. The lowest BCUT2D eigenvalue weighted by atomic mass is 10.2. The van der Waals surface area contributed by atoms with Gasteiger partial charge in [-0.2, -0.15) is 0 Å². The predicted octanol–water partition coefficient (Wildman–Crippen LogP) is 2.30. The first-order valence-corrected chi connectivity index (χ1v) is 4.26. The Labute approximate surface area is 76.4 Å². The first kappa shape index (κ1) is 7.98. The maximum absolute atomic E-state index is 4.75. The molecule has 0 aliphatic carbocycles. The number of aryl methyl sites for hydroxylation is 1. The Bertz CT molecular complexity index is 364. The van der Waals surface area contributed by atoms with E-state index in [4.69, 9.17) is 4.52 Å². The minimum Gasteiger partial charge on any atom is -0.364 e. The van der Waals surface area contributed by atoms with Crippen LogP contribution < -0.4 is 0 Å². The highest BCUT2D eigenvalue weighted by Gasteiger charge is 2.00. The van der Waals surface area contributed by atoms with Crippen molar-refractivity contribution in [3.05, 3.63) is 36.4 Å². The van der Waals surface area contributed by atoms with E-state index in [0.29, 0.717) is 0 Å². The summed E-state index contributed by atoms with van der Waals surface area (Å²) in [5.74, 6) is 0. The van der Waals surface area contributed by atoms with E-state index in [1.807, 2.05) is 24.4 Å². The SMILES string of the molecule is CCc1ccc(-c2ccon2)cn1. The predicted molar refractivity (Wildman–Crippen MR) is 49.1 cm³/mol. The molecule has 0 aliphatic heterocycles. The van der Waals surface area contributed by atoms with Crippen molar-refractivity contribution in [2.24, 2.45) is 0 Å². The lowest BCUT2D eigenvalue weighted by Crippen LogP contribution is -1.86. The Kier molecular flexibility index (Phi) is 2.08. The maximum Gasteiger partial charge on any atom is 0.124 e. The molecule has 0 amide bonds. The fourth-order valence-corrected chi connectivity index (χ4v) is 1.15. The van der Waals surface area contributed by atoms with Crippen LogP contribution in [0.25, 0.3) is 11.3 Å². The monoisotopic (exact) mass is 174 g/mol. The van der Waals surface area contributed by atoms with Gasteiger partial charge in [-0.15, -0.1) is 0 Å². The number of hydrogen-bond acceptors (Lipinski definition) is 3. The third kappa shape index (κ3) is 1.59. The van der Waals surface area contributed by atoms with E-state index in [-0.39, 0.29) is 0 Å². The van der Waals surface area contributed by atoms with E-state index in [1.165, 1.54) is 0 Å². The number of rotatable bonds is 2. The zero-order valence-electron chi connectivity index (χ0n) is 7.40. The maximum atomic E-state index is 4.75. The van der Waals surface area contributed by atoms with Gasteiger partial charge in [0, 0.05) is 23.5 Å². The topological polar surface area (TPSA) is 38.9 Å². The van der Waals surface area contributed by atoms with Gasteiger partial charge in [0.1, 0.15) is 12.0 Å². The van der Waals surface area contributed by atoms with Crippen molar-refractivity contribution in [2.75, 3.05) is 0 Å². The standard InChI is InChI=1S/C10H10N2O/c1-2-9-4-3-8(7-11-9)10-5-6-13-12-10/h3-7H,2H2,1H3. The van der Waals surface area contributed by atoms with Crippen molar-refractivity contribution in [1.29, 1.82) is 0 Å². The molecule has 2 aromatic rings. The molecule has 66 valence electrons. The van der Waals surface area contributed by atoms with Crippen molar-refractivity contribution in [1.82, 2.24) is 10.1 Å². The summed E-state index contributed by atoms with van der Waals surface area (Å²) in [7, 11) is 0. The summed E-state index contributed by atoms with van der Waals surface area (Å²) >= 11 is 0. The third-order valence-corrected chi connectivity index (χ3v) is 1.92. The highest BCUT2D eigenvalue weighted by Crippen LogP contribution is 2.15. The van der Waals surface area contributed by atoms with Crippen LogP contribution in [0.4, 0.5) is 0 Å². The molecule has 0 radical (unpaired) electrons. The summed E-state index contributed by atoms with van der Waals surface area (Å²) in [6, 6.07) is 5.83. The second kappa shape index (κ2) is 3.39. The molecule has 0 bridgehead atoms. The molecule has 3 nitrogen and oxygen atoms in total. The second-order valence-electron chi connectivity index (χ2n) is 2.78. The summed E-state index contributed by atoms with van der Waals surface area (Å²) in [6.45, 7) is 2.08. The number of hydrogen-bond donors (Lipinski definition) is 0. The highest BCUT2D eigenvalue weighted by molar-refractivity contribution is 5.56. The first-order chi connectivity index (χ1) is 6.40. The highest BCUT2D eigenvalue weighted by atomic mass is 16.5. The molecule has 2 rings (SSSR count). The minimum atomic E-state index is 0.829.